The van der Waals surface area contributed by atoms with Gasteiger partial charge in [0.2, 0.25) is 0 Å². The summed E-state index contributed by atoms with van der Waals surface area (Å²) < 4.78 is 0. The maximum Gasteiger partial charge on any atom is 0.0802 e. The van der Waals surface area contributed by atoms with E-state index in [1.807, 2.05) is 26.2 Å². The van der Waals surface area contributed by atoms with Gasteiger partial charge in [0.25, 0.3) is 0 Å². The molecule has 1 atom stereocenters. The van der Waals surface area contributed by atoms with Crippen molar-refractivity contribution in [3.63, 3.8) is 0 Å². The number of hydrogen-bond donors (Lipinski definition) is 1. The summed E-state index contributed by atoms with van der Waals surface area (Å²) in [6, 6.07) is 8.24. The highest BCUT2D eigenvalue weighted by molar-refractivity contribution is 5.24. The molecular formula is C13H21NO. The number of hydrogen-bond acceptors (Lipinski definition) is 2. The lowest BCUT2D eigenvalue weighted by Crippen LogP contribution is -2.15. The molecule has 15 heavy (non-hydrogen) atoms. The first-order valence-electron chi connectivity index (χ1n) is 5.55. The zero-order chi connectivity index (χ0) is 11.3. The third-order valence-corrected chi connectivity index (χ3v) is 2.62. The predicted molar refractivity (Wildman–Crippen MR) is 64.0 cm³/mol. The zero-order valence-corrected chi connectivity index (χ0v) is 9.90. The normalized spacial score (nSPS) is 13.1. The number of aryl methyl sites for hydroxylation is 1. The van der Waals surface area contributed by atoms with Gasteiger partial charge in [0.15, 0.2) is 0 Å². The van der Waals surface area contributed by atoms with E-state index in [0.29, 0.717) is 0 Å². The standard InChI is InChI=1S/C13H21NO/c1-4-11-5-7-12(8-6-11)13(15)9-10-14(2)3/h5-8,13,15H,4,9-10H2,1-3H3. The summed E-state index contributed by atoms with van der Waals surface area (Å²) in [6.45, 7) is 3.05. The van der Waals surface area contributed by atoms with E-state index in [-0.39, 0.29) is 6.10 Å². The van der Waals surface area contributed by atoms with Crippen molar-refractivity contribution in [3.8, 4) is 0 Å². The van der Waals surface area contributed by atoms with Crippen LogP contribution in [0.2, 0.25) is 0 Å². The fourth-order valence-electron chi connectivity index (χ4n) is 1.52. The smallest absolute Gasteiger partial charge is 0.0802 e. The minimum absolute atomic E-state index is 0.335. The maximum atomic E-state index is 9.91. The molecule has 2 nitrogen and oxygen atoms in total. The van der Waals surface area contributed by atoms with E-state index in [1.54, 1.807) is 0 Å². The molecule has 0 aliphatic rings. The van der Waals surface area contributed by atoms with Crippen molar-refractivity contribution in [2.24, 2.45) is 0 Å². The molecular weight excluding hydrogens is 186 g/mol. The van der Waals surface area contributed by atoms with Crippen molar-refractivity contribution in [3.05, 3.63) is 35.4 Å². The van der Waals surface area contributed by atoms with E-state index in [4.69, 9.17) is 0 Å². The second-order valence-electron chi connectivity index (χ2n) is 4.20. The molecule has 1 unspecified atom stereocenters. The minimum Gasteiger partial charge on any atom is -0.388 e. The van der Waals surface area contributed by atoms with Gasteiger partial charge in [-0.1, -0.05) is 31.2 Å². The molecule has 0 aliphatic carbocycles. The summed E-state index contributed by atoms with van der Waals surface area (Å²) >= 11 is 0. The van der Waals surface area contributed by atoms with Crippen molar-refractivity contribution in [1.29, 1.82) is 0 Å². The number of benzene rings is 1. The number of rotatable bonds is 5. The molecule has 0 bridgehead atoms. The molecule has 1 N–H and O–H groups in total. The largest absolute Gasteiger partial charge is 0.388 e. The summed E-state index contributed by atoms with van der Waals surface area (Å²) in [7, 11) is 4.04. The molecule has 1 rings (SSSR count). The van der Waals surface area contributed by atoms with Crippen molar-refractivity contribution in [1.82, 2.24) is 4.90 Å². The number of aliphatic hydroxyl groups excluding tert-OH is 1. The molecule has 0 saturated heterocycles. The van der Waals surface area contributed by atoms with Crippen LogP contribution in [0.3, 0.4) is 0 Å². The van der Waals surface area contributed by atoms with Crippen LogP contribution in [0.15, 0.2) is 24.3 Å². The Labute approximate surface area is 92.5 Å². The minimum atomic E-state index is -0.335. The van der Waals surface area contributed by atoms with E-state index in [2.05, 4.69) is 24.0 Å². The highest BCUT2D eigenvalue weighted by Gasteiger charge is 2.07. The lowest BCUT2D eigenvalue weighted by atomic mass is 10.0. The van der Waals surface area contributed by atoms with Gasteiger partial charge in [-0.05, 0) is 38.1 Å². The monoisotopic (exact) mass is 207 g/mol. The van der Waals surface area contributed by atoms with Crippen LogP contribution in [-0.2, 0) is 6.42 Å². The molecule has 0 heterocycles. The highest BCUT2D eigenvalue weighted by atomic mass is 16.3. The summed E-state index contributed by atoms with van der Waals surface area (Å²) in [6.07, 6.45) is 1.50. The number of nitrogens with zero attached hydrogens (tertiary/aromatic N) is 1. The lowest BCUT2D eigenvalue weighted by molar-refractivity contribution is 0.154. The summed E-state index contributed by atoms with van der Waals surface area (Å²) in [4.78, 5) is 2.09. The molecule has 0 aliphatic heterocycles. The maximum absolute atomic E-state index is 9.91. The van der Waals surface area contributed by atoms with Gasteiger partial charge in [-0.2, -0.15) is 0 Å². The molecule has 0 radical (unpaired) electrons. The van der Waals surface area contributed by atoms with E-state index in [9.17, 15) is 5.11 Å². The Morgan fingerprint density at radius 3 is 2.27 bits per heavy atom. The van der Waals surface area contributed by atoms with Crippen molar-refractivity contribution >= 4 is 0 Å². The van der Waals surface area contributed by atoms with Crippen LogP contribution >= 0.6 is 0 Å². The molecule has 0 fully saturated rings. The quantitative estimate of drug-likeness (QED) is 0.800. The van der Waals surface area contributed by atoms with Crippen molar-refractivity contribution in [2.45, 2.75) is 25.9 Å². The Morgan fingerprint density at radius 2 is 1.80 bits per heavy atom. The van der Waals surface area contributed by atoms with Crippen LogP contribution in [0.1, 0.15) is 30.6 Å². The van der Waals surface area contributed by atoms with Gasteiger partial charge in [-0.3, -0.25) is 0 Å². The second kappa shape index (κ2) is 5.89. The topological polar surface area (TPSA) is 23.5 Å². The Balaban J connectivity index is 2.54. The van der Waals surface area contributed by atoms with Crippen LogP contribution in [0.5, 0.6) is 0 Å². The Hall–Kier alpha value is -0.860. The van der Waals surface area contributed by atoms with Crippen molar-refractivity contribution < 1.29 is 5.11 Å². The molecule has 0 spiro atoms. The Kier molecular flexibility index (Phi) is 4.79. The molecule has 84 valence electrons. The third-order valence-electron chi connectivity index (χ3n) is 2.62. The second-order valence-corrected chi connectivity index (χ2v) is 4.20. The molecule has 0 aromatic heterocycles. The molecule has 0 saturated carbocycles. The van der Waals surface area contributed by atoms with Crippen LogP contribution < -0.4 is 0 Å². The van der Waals surface area contributed by atoms with Crippen LogP contribution in [0.4, 0.5) is 0 Å². The molecule has 1 aromatic carbocycles. The van der Waals surface area contributed by atoms with Crippen LogP contribution in [-0.4, -0.2) is 30.6 Å². The molecule has 1 aromatic rings. The molecule has 2 heteroatoms. The average Bonchev–Trinajstić information content (AvgIpc) is 2.26. The summed E-state index contributed by atoms with van der Waals surface area (Å²) in [5, 5.41) is 9.91. The van der Waals surface area contributed by atoms with E-state index in [0.717, 1.165) is 24.9 Å². The Bertz CT molecular complexity index is 279. The first-order chi connectivity index (χ1) is 7.13. The predicted octanol–water partition coefficient (Wildman–Crippen LogP) is 2.23. The summed E-state index contributed by atoms with van der Waals surface area (Å²) in [5.41, 5.74) is 2.34. The fraction of sp³-hybridized carbons (Fsp3) is 0.538. The number of aliphatic hydroxyl groups is 1. The lowest BCUT2D eigenvalue weighted by Gasteiger charge is -2.14. The van der Waals surface area contributed by atoms with Gasteiger partial charge in [0.05, 0.1) is 6.10 Å². The highest BCUT2D eigenvalue weighted by Crippen LogP contribution is 2.17. The zero-order valence-electron chi connectivity index (χ0n) is 9.90. The fourth-order valence-corrected chi connectivity index (χ4v) is 1.52. The average molecular weight is 207 g/mol. The van der Waals surface area contributed by atoms with E-state index in [1.165, 1.54) is 5.56 Å². The first-order valence-corrected chi connectivity index (χ1v) is 5.55. The van der Waals surface area contributed by atoms with Crippen molar-refractivity contribution in [2.75, 3.05) is 20.6 Å². The van der Waals surface area contributed by atoms with Gasteiger partial charge in [-0.25, -0.2) is 0 Å². The Morgan fingerprint density at radius 1 is 1.20 bits per heavy atom. The van der Waals surface area contributed by atoms with Crippen LogP contribution in [0, 0.1) is 0 Å². The SMILES string of the molecule is CCc1ccc(C(O)CCN(C)C)cc1. The third kappa shape index (κ3) is 4.02. The van der Waals surface area contributed by atoms with Gasteiger partial charge >= 0.3 is 0 Å². The van der Waals surface area contributed by atoms with Gasteiger partial charge in [-0.15, -0.1) is 0 Å². The van der Waals surface area contributed by atoms with Gasteiger partial charge in [0.1, 0.15) is 0 Å². The van der Waals surface area contributed by atoms with Crippen LogP contribution in [0.25, 0.3) is 0 Å². The summed E-state index contributed by atoms with van der Waals surface area (Å²) in [5.74, 6) is 0. The van der Waals surface area contributed by atoms with Gasteiger partial charge in [0, 0.05) is 6.54 Å². The van der Waals surface area contributed by atoms with Gasteiger partial charge < -0.3 is 10.0 Å². The molecule has 0 amide bonds. The first kappa shape index (κ1) is 12.2. The van der Waals surface area contributed by atoms with E-state index < -0.39 is 0 Å². The van der Waals surface area contributed by atoms with E-state index >= 15 is 0 Å².